The summed E-state index contributed by atoms with van der Waals surface area (Å²) >= 11 is 0. The number of hydrogen-bond acceptors (Lipinski definition) is 5. The Bertz CT molecular complexity index is 1130. The number of nitrogens with one attached hydrogen (secondary N) is 1. The summed E-state index contributed by atoms with van der Waals surface area (Å²) in [6.07, 6.45) is 0. The van der Waals surface area contributed by atoms with Crippen molar-refractivity contribution >= 4 is 17.3 Å². The highest BCUT2D eigenvalue weighted by Crippen LogP contribution is 2.27. The minimum atomic E-state index is -0.703. The van der Waals surface area contributed by atoms with Gasteiger partial charge in [0.1, 0.15) is 17.2 Å². The molecule has 0 fully saturated rings. The fraction of sp³-hybridized carbons (Fsp3) is 0.105. The van der Waals surface area contributed by atoms with E-state index in [1.165, 1.54) is 36.4 Å². The Balaban J connectivity index is 1.90. The third-order valence-electron chi connectivity index (χ3n) is 4.01. The number of nitrogens with zero attached hydrogens (tertiary/aromatic N) is 3. The van der Waals surface area contributed by atoms with Gasteiger partial charge in [0.15, 0.2) is 0 Å². The first-order valence-corrected chi connectivity index (χ1v) is 8.23. The van der Waals surface area contributed by atoms with E-state index >= 15 is 0 Å². The van der Waals surface area contributed by atoms with E-state index in [-0.39, 0.29) is 23.6 Å². The molecule has 142 valence electrons. The molecular weight excluding hydrogens is 367 g/mol. The van der Waals surface area contributed by atoms with E-state index in [0.29, 0.717) is 11.1 Å². The number of para-hydroxylation sites is 1. The van der Waals surface area contributed by atoms with Gasteiger partial charge < -0.3 is 5.32 Å². The zero-order valence-corrected chi connectivity index (χ0v) is 14.8. The Hall–Kier alpha value is -3.88. The number of nitro benzene ring substituents is 1. The molecule has 0 saturated carbocycles. The van der Waals surface area contributed by atoms with Gasteiger partial charge in [-0.05, 0) is 36.2 Å². The molecule has 0 aliphatic rings. The Morgan fingerprint density at radius 2 is 1.96 bits per heavy atom. The molecule has 1 N–H and O–H groups in total. The van der Waals surface area contributed by atoms with Gasteiger partial charge in [0.05, 0.1) is 11.5 Å². The molecule has 28 heavy (non-hydrogen) atoms. The third-order valence-corrected chi connectivity index (χ3v) is 4.01. The van der Waals surface area contributed by atoms with Crippen molar-refractivity contribution in [2.45, 2.75) is 13.5 Å². The largest absolute Gasteiger partial charge is 0.315 e. The van der Waals surface area contributed by atoms with Crippen LogP contribution in [-0.2, 0) is 6.54 Å². The number of hydrogen-bond donors (Lipinski definition) is 1. The number of aryl methyl sites for hydroxylation is 1. The highest BCUT2D eigenvalue weighted by atomic mass is 19.1. The van der Waals surface area contributed by atoms with E-state index in [4.69, 9.17) is 0 Å². The summed E-state index contributed by atoms with van der Waals surface area (Å²) in [5.74, 6) is -1.16. The summed E-state index contributed by atoms with van der Waals surface area (Å²) in [6.45, 7) is 1.60. The first-order chi connectivity index (χ1) is 13.3. The first kappa shape index (κ1) is 18.9. The lowest BCUT2D eigenvalue weighted by Gasteiger charge is -2.10. The molecule has 3 rings (SSSR count). The van der Waals surface area contributed by atoms with E-state index in [9.17, 15) is 24.1 Å². The van der Waals surface area contributed by atoms with Crippen LogP contribution in [0.1, 0.15) is 21.6 Å². The van der Waals surface area contributed by atoms with E-state index < -0.39 is 22.2 Å². The molecular formula is C19H15FN4O4. The van der Waals surface area contributed by atoms with Crippen molar-refractivity contribution in [1.29, 1.82) is 0 Å². The van der Waals surface area contributed by atoms with Crippen molar-refractivity contribution in [2.24, 2.45) is 0 Å². The Kier molecular flexibility index (Phi) is 5.25. The molecule has 0 bridgehead atoms. The average molecular weight is 382 g/mol. The predicted molar refractivity (Wildman–Crippen MR) is 99.8 cm³/mol. The number of carbonyl (C=O) groups is 1. The smallest absolute Gasteiger partial charge is 0.293 e. The van der Waals surface area contributed by atoms with Crippen molar-refractivity contribution in [2.75, 3.05) is 5.32 Å². The van der Waals surface area contributed by atoms with Gasteiger partial charge in [-0.3, -0.25) is 19.7 Å². The fourth-order valence-corrected chi connectivity index (χ4v) is 2.64. The average Bonchev–Trinajstić information content (AvgIpc) is 2.65. The number of rotatable bonds is 5. The van der Waals surface area contributed by atoms with Gasteiger partial charge in [-0.15, -0.1) is 0 Å². The van der Waals surface area contributed by atoms with Crippen molar-refractivity contribution in [3.05, 3.63) is 97.7 Å². The standard InChI is InChI=1S/C19H15FN4O4/c1-12-4-2-7-16(24(27)28)18(12)21-19(26)15-8-9-17(25)23(22-15)11-13-5-3-6-14(20)10-13/h2-10H,11H2,1H3,(H,21,26). The molecule has 0 spiro atoms. The molecule has 0 radical (unpaired) electrons. The van der Waals surface area contributed by atoms with Crippen molar-refractivity contribution in [3.63, 3.8) is 0 Å². The maximum absolute atomic E-state index is 13.3. The van der Waals surface area contributed by atoms with Gasteiger partial charge in [-0.2, -0.15) is 5.10 Å². The molecule has 1 heterocycles. The molecule has 2 aromatic carbocycles. The third kappa shape index (κ3) is 4.09. The van der Waals surface area contributed by atoms with Crippen LogP contribution >= 0.6 is 0 Å². The second-order valence-corrected chi connectivity index (χ2v) is 6.02. The lowest BCUT2D eigenvalue weighted by atomic mass is 10.1. The SMILES string of the molecule is Cc1cccc([N+](=O)[O-])c1NC(=O)c1ccc(=O)n(Cc2cccc(F)c2)n1. The van der Waals surface area contributed by atoms with Crippen LogP contribution in [-0.4, -0.2) is 20.6 Å². The van der Waals surface area contributed by atoms with Gasteiger partial charge in [0, 0.05) is 12.1 Å². The van der Waals surface area contributed by atoms with Crippen LogP contribution in [0.15, 0.2) is 59.4 Å². The van der Waals surface area contributed by atoms with Gasteiger partial charge >= 0.3 is 0 Å². The Labute approximate surface area is 158 Å². The second kappa shape index (κ2) is 7.78. The number of anilines is 1. The maximum atomic E-state index is 13.3. The minimum absolute atomic E-state index is 0.0256. The van der Waals surface area contributed by atoms with Crippen LogP contribution in [0.4, 0.5) is 15.8 Å². The van der Waals surface area contributed by atoms with Crippen LogP contribution in [0.3, 0.4) is 0 Å². The number of nitro groups is 1. The number of amides is 1. The number of benzene rings is 2. The number of halogens is 1. The van der Waals surface area contributed by atoms with Gasteiger partial charge in [-0.1, -0.05) is 24.3 Å². The van der Waals surface area contributed by atoms with E-state index in [1.807, 2.05) is 0 Å². The topological polar surface area (TPSA) is 107 Å². The van der Waals surface area contributed by atoms with Crippen LogP contribution in [0.2, 0.25) is 0 Å². The summed E-state index contributed by atoms with van der Waals surface area (Å²) in [5, 5.41) is 17.7. The Morgan fingerprint density at radius 1 is 1.21 bits per heavy atom. The quantitative estimate of drug-likeness (QED) is 0.539. The summed E-state index contributed by atoms with van der Waals surface area (Å²) in [5.41, 5.74) is 0.247. The summed E-state index contributed by atoms with van der Waals surface area (Å²) in [7, 11) is 0. The molecule has 8 nitrogen and oxygen atoms in total. The van der Waals surface area contributed by atoms with Crippen molar-refractivity contribution in [1.82, 2.24) is 9.78 Å². The first-order valence-electron chi connectivity index (χ1n) is 8.23. The second-order valence-electron chi connectivity index (χ2n) is 6.02. The molecule has 0 saturated heterocycles. The summed E-state index contributed by atoms with van der Waals surface area (Å²) < 4.78 is 14.4. The zero-order valence-electron chi connectivity index (χ0n) is 14.8. The highest BCUT2D eigenvalue weighted by Gasteiger charge is 2.19. The summed E-state index contributed by atoms with van der Waals surface area (Å²) in [4.78, 5) is 35.2. The molecule has 9 heteroatoms. The lowest BCUT2D eigenvalue weighted by molar-refractivity contribution is -0.384. The van der Waals surface area contributed by atoms with Crippen LogP contribution in [0.5, 0.6) is 0 Å². The van der Waals surface area contributed by atoms with Crippen LogP contribution < -0.4 is 10.9 Å². The van der Waals surface area contributed by atoms with E-state index in [1.54, 1.807) is 19.1 Å². The lowest BCUT2D eigenvalue weighted by Crippen LogP contribution is -2.26. The van der Waals surface area contributed by atoms with E-state index in [0.717, 1.165) is 10.7 Å². The number of aromatic nitrogens is 2. The van der Waals surface area contributed by atoms with Crippen molar-refractivity contribution < 1.29 is 14.1 Å². The van der Waals surface area contributed by atoms with Crippen LogP contribution in [0, 0.1) is 22.9 Å². The molecule has 0 aliphatic carbocycles. The zero-order chi connectivity index (χ0) is 20.3. The van der Waals surface area contributed by atoms with Gasteiger partial charge in [0.25, 0.3) is 17.2 Å². The monoisotopic (exact) mass is 382 g/mol. The molecule has 0 atom stereocenters. The van der Waals surface area contributed by atoms with E-state index in [2.05, 4.69) is 10.4 Å². The Morgan fingerprint density at radius 3 is 2.68 bits per heavy atom. The molecule has 1 amide bonds. The fourth-order valence-electron chi connectivity index (χ4n) is 2.64. The molecule has 0 aliphatic heterocycles. The molecule has 1 aromatic heterocycles. The van der Waals surface area contributed by atoms with Gasteiger partial charge in [-0.25, -0.2) is 9.07 Å². The maximum Gasteiger partial charge on any atom is 0.293 e. The predicted octanol–water partition coefficient (Wildman–Crippen LogP) is 2.90. The molecule has 0 unspecified atom stereocenters. The van der Waals surface area contributed by atoms with Gasteiger partial charge in [0.2, 0.25) is 0 Å². The summed E-state index contributed by atoms with van der Waals surface area (Å²) in [6, 6.07) is 12.5. The highest BCUT2D eigenvalue weighted by molar-refractivity contribution is 6.04. The molecule has 3 aromatic rings. The number of carbonyl (C=O) groups excluding carboxylic acids is 1. The van der Waals surface area contributed by atoms with Crippen LogP contribution in [0.25, 0.3) is 0 Å². The van der Waals surface area contributed by atoms with Crippen molar-refractivity contribution in [3.8, 4) is 0 Å². The normalized spacial score (nSPS) is 10.5. The minimum Gasteiger partial charge on any atom is -0.315 e.